The molecule has 1 heterocycles. The molecule has 0 aliphatic heterocycles. The minimum atomic E-state index is -0.138. The van der Waals surface area contributed by atoms with Gasteiger partial charge in [0.1, 0.15) is 5.82 Å². The second-order valence-corrected chi connectivity index (χ2v) is 5.61. The van der Waals surface area contributed by atoms with Crippen molar-refractivity contribution < 1.29 is 9.53 Å². The Bertz CT molecular complexity index is 441. The number of carbonyl (C=O) groups is 1. The highest BCUT2D eigenvalue weighted by Crippen LogP contribution is 2.18. The number of amides is 1. The van der Waals surface area contributed by atoms with E-state index in [1.807, 2.05) is 0 Å². The molecule has 5 nitrogen and oxygen atoms in total. The average molecular weight is 358 g/mol. The molecule has 1 aromatic rings. The van der Waals surface area contributed by atoms with E-state index >= 15 is 0 Å². The first-order valence-electron chi connectivity index (χ1n) is 7.44. The first kappa shape index (κ1) is 17.9. The van der Waals surface area contributed by atoms with Crippen LogP contribution < -0.4 is 10.6 Å². The predicted molar refractivity (Wildman–Crippen MR) is 88.8 cm³/mol. The third kappa shape index (κ3) is 6.91. The molecule has 0 aromatic carbocycles. The normalized spacial score (nSPS) is 10.4. The van der Waals surface area contributed by atoms with Gasteiger partial charge in [-0.3, -0.25) is 4.79 Å². The van der Waals surface area contributed by atoms with E-state index in [-0.39, 0.29) is 5.91 Å². The molecule has 1 rings (SSSR count). The molecule has 0 aliphatic rings. The maximum Gasteiger partial charge on any atom is 0.255 e. The van der Waals surface area contributed by atoms with Gasteiger partial charge in [-0.2, -0.15) is 0 Å². The topological polar surface area (TPSA) is 63.2 Å². The second kappa shape index (κ2) is 10.6. The molecule has 1 amide bonds. The molecule has 1 aromatic heterocycles. The van der Waals surface area contributed by atoms with Crippen molar-refractivity contribution >= 4 is 27.7 Å². The first-order valence-corrected chi connectivity index (χ1v) is 8.23. The molecular weight excluding hydrogens is 334 g/mol. The summed E-state index contributed by atoms with van der Waals surface area (Å²) in [5.74, 6) is 0.478. The zero-order valence-electron chi connectivity index (χ0n) is 12.7. The van der Waals surface area contributed by atoms with Crippen molar-refractivity contribution in [2.45, 2.75) is 33.1 Å². The van der Waals surface area contributed by atoms with Crippen LogP contribution in [0.5, 0.6) is 0 Å². The number of halogens is 1. The van der Waals surface area contributed by atoms with Gasteiger partial charge >= 0.3 is 0 Å². The molecule has 0 fully saturated rings. The van der Waals surface area contributed by atoms with Crippen molar-refractivity contribution in [3.63, 3.8) is 0 Å². The van der Waals surface area contributed by atoms with Gasteiger partial charge in [0.2, 0.25) is 0 Å². The summed E-state index contributed by atoms with van der Waals surface area (Å²) in [5.41, 5.74) is 0.548. The lowest BCUT2D eigenvalue weighted by Crippen LogP contribution is -2.28. The van der Waals surface area contributed by atoms with Crippen molar-refractivity contribution in [3.05, 3.63) is 22.3 Å². The van der Waals surface area contributed by atoms with Crippen molar-refractivity contribution in [1.82, 2.24) is 10.3 Å². The Balaban J connectivity index is 2.50. The number of unbranched alkanes of at least 4 members (excludes halogenated alkanes) is 1. The van der Waals surface area contributed by atoms with E-state index in [1.165, 1.54) is 0 Å². The molecule has 0 aliphatic carbocycles. The fourth-order valence-electron chi connectivity index (χ4n) is 1.68. The lowest BCUT2D eigenvalue weighted by atomic mass is 10.2. The van der Waals surface area contributed by atoms with Gasteiger partial charge in [-0.1, -0.05) is 20.3 Å². The van der Waals surface area contributed by atoms with Gasteiger partial charge in [0.05, 0.1) is 12.2 Å². The minimum Gasteiger partial charge on any atom is -0.380 e. The maximum absolute atomic E-state index is 12.2. The molecule has 6 heteroatoms. The lowest BCUT2D eigenvalue weighted by molar-refractivity contribution is 0.0913. The standard InChI is InChI=1S/C15H24BrN3O2/c1-3-5-8-21-9-7-18-15(20)13-10-12(16)11-19-14(13)17-6-4-2/h10-11H,3-9H2,1-2H3,(H,17,19)(H,18,20). The summed E-state index contributed by atoms with van der Waals surface area (Å²) in [4.78, 5) is 16.5. The Kier molecular flexibility index (Phi) is 9.01. The number of pyridine rings is 1. The number of nitrogens with zero attached hydrogens (tertiary/aromatic N) is 1. The van der Waals surface area contributed by atoms with E-state index < -0.39 is 0 Å². The highest BCUT2D eigenvalue weighted by atomic mass is 79.9. The van der Waals surface area contributed by atoms with E-state index in [9.17, 15) is 4.79 Å². The van der Waals surface area contributed by atoms with Crippen LogP contribution in [0.1, 0.15) is 43.5 Å². The molecule has 0 spiro atoms. The van der Waals surface area contributed by atoms with Crippen molar-refractivity contribution in [3.8, 4) is 0 Å². The van der Waals surface area contributed by atoms with Crippen LogP contribution in [0, 0.1) is 0 Å². The quantitative estimate of drug-likeness (QED) is 0.631. The SMILES string of the molecule is CCCCOCCNC(=O)c1cc(Br)cnc1NCCC. The van der Waals surface area contributed by atoms with Crippen LogP contribution in [0.15, 0.2) is 16.7 Å². The molecule has 21 heavy (non-hydrogen) atoms. The summed E-state index contributed by atoms with van der Waals surface area (Å²) in [6, 6.07) is 1.78. The minimum absolute atomic E-state index is 0.138. The smallest absolute Gasteiger partial charge is 0.255 e. The zero-order chi connectivity index (χ0) is 15.5. The van der Waals surface area contributed by atoms with Crippen LogP contribution >= 0.6 is 15.9 Å². The van der Waals surface area contributed by atoms with Crippen molar-refractivity contribution in [2.24, 2.45) is 0 Å². The highest BCUT2D eigenvalue weighted by molar-refractivity contribution is 9.10. The largest absolute Gasteiger partial charge is 0.380 e. The highest BCUT2D eigenvalue weighted by Gasteiger charge is 2.12. The van der Waals surface area contributed by atoms with Crippen LogP contribution in [0.3, 0.4) is 0 Å². The summed E-state index contributed by atoms with van der Waals surface area (Å²) < 4.78 is 6.21. The number of hydrogen-bond acceptors (Lipinski definition) is 4. The molecule has 0 saturated heterocycles. The molecule has 0 bridgehead atoms. The monoisotopic (exact) mass is 357 g/mol. The van der Waals surface area contributed by atoms with Gasteiger partial charge in [-0.25, -0.2) is 4.98 Å². The summed E-state index contributed by atoms with van der Waals surface area (Å²) in [6.07, 6.45) is 4.82. The third-order valence-electron chi connectivity index (χ3n) is 2.82. The Hall–Kier alpha value is -1.14. The predicted octanol–water partition coefficient (Wildman–Crippen LogP) is 3.21. The summed E-state index contributed by atoms with van der Waals surface area (Å²) in [5, 5.41) is 6.02. The fraction of sp³-hybridized carbons (Fsp3) is 0.600. The number of ether oxygens (including phenoxy) is 1. The Morgan fingerprint density at radius 3 is 2.81 bits per heavy atom. The van der Waals surface area contributed by atoms with E-state index in [0.717, 1.165) is 36.9 Å². The zero-order valence-corrected chi connectivity index (χ0v) is 14.3. The number of aromatic nitrogens is 1. The van der Waals surface area contributed by atoms with Gasteiger partial charge in [0.15, 0.2) is 0 Å². The summed E-state index contributed by atoms with van der Waals surface area (Å²) in [7, 11) is 0. The second-order valence-electron chi connectivity index (χ2n) is 4.70. The number of hydrogen-bond donors (Lipinski definition) is 2. The maximum atomic E-state index is 12.2. The van der Waals surface area contributed by atoms with E-state index in [0.29, 0.717) is 24.5 Å². The molecular formula is C15H24BrN3O2. The Morgan fingerprint density at radius 2 is 2.10 bits per heavy atom. The molecule has 0 unspecified atom stereocenters. The average Bonchev–Trinajstić information content (AvgIpc) is 2.49. The van der Waals surface area contributed by atoms with E-state index in [2.05, 4.69) is 45.4 Å². The van der Waals surface area contributed by atoms with E-state index in [1.54, 1.807) is 12.3 Å². The molecule has 118 valence electrons. The van der Waals surface area contributed by atoms with Gasteiger partial charge in [0.25, 0.3) is 5.91 Å². The van der Waals surface area contributed by atoms with Crippen molar-refractivity contribution in [1.29, 1.82) is 0 Å². The number of rotatable bonds is 10. The van der Waals surface area contributed by atoms with Gasteiger partial charge in [0, 0.05) is 30.4 Å². The number of anilines is 1. The van der Waals surface area contributed by atoms with E-state index in [4.69, 9.17) is 4.74 Å². The summed E-state index contributed by atoms with van der Waals surface area (Å²) >= 11 is 3.35. The van der Waals surface area contributed by atoms with Crippen LogP contribution in [0.4, 0.5) is 5.82 Å². The van der Waals surface area contributed by atoms with Gasteiger partial charge in [-0.05, 0) is 34.8 Å². The summed E-state index contributed by atoms with van der Waals surface area (Å²) in [6.45, 7) is 6.76. The molecule has 0 radical (unpaired) electrons. The van der Waals surface area contributed by atoms with Crippen LogP contribution in [0.25, 0.3) is 0 Å². The first-order chi connectivity index (χ1) is 10.2. The van der Waals surface area contributed by atoms with Crippen LogP contribution in [-0.2, 0) is 4.74 Å². The fourth-order valence-corrected chi connectivity index (χ4v) is 2.01. The van der Waals surface area contributed by atoms with Gasteiger partial charge < -0.3 is 15.4 Å². The third-order valence-corrected chi connectivity index (χ3v) is 3.25. The number of nitrogens with one attached hydrogen (secondary N) is 2. The van der Waals surface area contributed by atoms with Crippen molar-refractivity contribution in [2.75, 3.05) is 31.6 Å². The Morgan fingerprint density at radius 1 is 1.29 bits per heavy atom. The molecule has 0 atom stereocenters. The van der Waals surface area contributed by atoms with Crippen LogP contribution in [-0.4, -0.2) is 37.2 Å². The Labute approximate surface area is 135 Å². The molecule has 2 N–H and O–H groups in total. The van der Waals surface area contributed by atoms with Crippen LogP contribution in [0.2, 0.25) is 0 Å². The molecule has 0 saturated carbocycles. The lowest BCUT2D eigenvalue weighted by Gasteiger charge is -2.11. The van der Waals surface area contributed by atoms with Gasteiger partial charge in [-0.15, -0.1) is 0 Å². The number of carbonyl (C=O) groups excluding carboxylic acids is 1.